The summed E-state index contributed by atoms with van der Waals surface area (Å²) in [5, 5.41) is 10.8. The van der Waals surface area contributed by atoms with Crippen LogP contribution in [0, 0.1) is 0 Å². The van der Waals surface area contributed by atoms with E-state index >= 15 is 0 Å². The van der Waals surface area contributed by atoms with Gasteiger partial charge in [-0.1, -0.05) is 29.3 Å². The normalized spacial score (nSPS) is 17.5. The predicted molar refractivity (Wildman–Crippen MR) is 114 cm³/mol. The average Bonchev–Trinajstić information content (AvgIpc) is 3.39. The molecule has 4 rings (SSSR count). The molecular weight excluding hydrogens is 411 g/mol. The van der Waals surface area contributed by atoms with Gasteiger partial charge in [0.2, 0.25) is 5.88 Å². The molecule has 1 fully saturated rings. The van der Waals surface area contributed by atoms with Gasteiger partial charge in [0.05, 0.1) is 12.6 Å². The molecule has 8 heteroatoms. The second kappa shape index (κ2) is 9.03. The van der Waals surface area contributed by atoms with E-state index in [1.165, 1.54) is 0 Å². The number of benzene rings is 1. The number of nitrogens with one attached hydrogen (secondary N) is 1. The van der Waals surface area contributed by atoms with Crippen molar-refractivity contribution in [1.82, 2.24) is 15.0 Å². The van der Waals surface area contributed by atoms with Gasteiger partial charge in [-0.15, -0.1) is 0 Å². The molecule has 6 nitrogen and oxygen atoms in total. The molecule has 3 aromatic rings. The zero-order chi connectivity index (χ0) is 20.2. The largest absolute Gasteiger partial charge is 0.466 e. The third-order valence-electron chi connectivity index (χ3n) is 5.02. The molecule has 1 aromatic carbocycles. The highest BCUT2D eigenvalue weighted by Crippen LogP contribution is 2.29. The van der Waals surface area contributed by atoms with E-state index in [1.807, 2.05) is 30.3 Å². The van der Waals surface area contributed by atoms with Crippen LogP contribution in [-0.2, 0) is 6.42 Å². The van der Waals surface area contributed by atoms with Crippen LogP contribution in [0.1, 0.15) is 30.3 Å². The predicted octanol–water partition coefficient (Wildman–Crippen LogP) is 4.44. The van der Waals surface area contributed by atoms with Crippen LogP contribution in [0.4, 0.5) is 5.82 Å². The minimum Gasteiger partial charge on any atom is -0.466 e. The van der Waals surface area contributed by atoms with Crippen molar-refractivity contribution in [3.05, 3.63) is 70.2 Å². The minimum absolute atomic E-state index is 0.104. The lowest BCUT2D eigenvalue weighted by Gasteiger charge is -2.25. The van der Waals surface area contributed by atoms with Gasteiger partial charge in [-0.05, 0) is 42.7 Å². The summed E-state index contributed by atoms with van der Waals surface area (Å²) in [5.41, 5.74) is 0.944. The average molecular weight is 433 g/mol. The fraction of sp³-hybridized carbons (Fsp3) is 0.333. The minimum atomic E-state index is -0.380. The molecule has 2 aromatic heterocycles. The van der Waals surface area contributed by atoms with Crippen molar-refractivity contribution < 1.29 is 9.84 Å². The number of imidazole rings is 1. The standard InChI is InChI=1S/C21H22Cl2N4O2/c22-15-9-14(10-16(23)12-15)11-18(21-24-6-7-25-21)29-20-5-1-4-19(26-20)27-8-2-3-17(27)13-28/h1,4-7,9-10,12,17-18,28H,2-3,8,11,13H2,(H,24,25). The fourth-order valence-corrected chi connectivity index (χ4v) is 4.26. The van der Waals surface area contributed by atoms with Crippen LogP contribution >= 0.6 is 23.2 Å². The molecule has 0 amide bonds. The van der Waals surface area contributed by atoms with Gasteiger partial charge in [0.1, 0.15) is 11.6 Å². The van der Waals surface area contributed by atoms with Crippen molar-refractivity contribution >= 4 is 29.0 Å². The van der Waals surface area contributed by atoms with E-state index in [1.54, 1.807) is 18.5 Å². The lowest BCUT2D eigenvalue weighted by Crippen LogP contribution is -2.32. The van der Waals surface area contributed by atoms with Gasteiger partial charge in [0.25, 0.3) is 0 Å². The third kappa shape index (κ3) is 4.83. The summed E-state index contributed by atoms with van der Waals surface area (Å²) in [6, 6.07) is 11.2. The van der Waals surface area contributed by atoms with Gasteiger partial charge in [-0.3, -0.25) is 0 Å². The second-order valence-corrected chi connectivity index (χ2v) is 7.94. The Morgan fingerprint density at radius 1 is 1.24 bits per heavy atom. The Labute approximate surface area is 179 Å². The number of ether oxygens (including phenoxy) is 1. The maximum Gasteiger partial charge on any atom is 0.215 e. The van der Waals surface area contributed by atoms with E-state index < -0.39 is 0 Å². The summed E-state index contributed by atoms with van der Waals surface area (Å²) < 4.78 is 6.23. The SMILES string of the molecule is OCC1CCCN1c1cccc(OC(Cc2cc(Cl)cc(Cl)c2)c2ncc[nH]2)n1. The highest BCUT2D eigenvalue weighted by molar-refractivity contribution is 6.34. The molecule has 0 spiro atoms. The highest BCUT2D eigenvalue weighted by Gasteiger charge is 2.25. The van der Waals surface area contributed by atoms with Gasteiger partial charge in [0, 0.05) is 41.5 Å². The Bertz CT molecular complexity index is 931. The van der Waals surface area contributed by atoms with Crippen molar-refractivity contribution in [3.63, 3.8) is 0 Å². The molecule has 1 aliphatic rings. The smallest absolute Gasteiger partial charge is 0.215 e. The van der Waals surface area contributed by atoms with Gasteiger partial charge in [-0.2, -0.15) is 4.98 Å². The highest BCUT2D eigenvalue weighted by atomic mass is 35.5. The Morgan fingerprint density at radius 2 is 2.07 bits per heavy atom. The topological polar surface area (TPSA) is 74.3 Å². The molecule has 1 aliphatic heterocycles. The molecule has 2 unspecified atom stereocenters. The van der Waals surface area contributed by atoms with Crippen molar-refractivity contribution in [2.75, 3.05) is 18.1 Å². The summed E-state index contributed by atoms with van der Waals surface area (Å²) in [6.45, 7) is 1.00. The number of nitrogens with zero attached hydrogens (tertiary/aromatic N) is 3. The molecular formula is C21H22Cl2N4O2. The molecule has 2 atom stereocenters. The number of hydrogen-bond donors (Lipinski definition) is 2. The van der Waals surface area contributed by atoms with Crippen LogP contribution in [0.15, 0.2) is 48.8 Å². The summed E-state index contributed by atoms with van der Waals surface area (Å²) in [7, 11) is 0. The molecule has 29 heavy (non-hydrogen) atoms. The number of hydrogen-bond acceptors (Lipinski definition) is 5. The van der Waals surface area contributed by atoms with E-state index in [4.69, 9.17) is 27.9 Å². The first-order valence-electron chi connectivity index (χ1n) is 9.58. The number of H-pyrrole nitrogens is 1. The Kier molecular flexibility index (Phi) is 6.23. The van der Waals surface area contributed by atoms with E-state index in [2.05, 4.69) is 19.9 Å². The van der Waals surface area contributed by atoms with Gasteiger partial charge >= 0.3 is 0 Å². The number of pyridine rings is 1. The molecule has 3 heterocycles. The molecule has 1 saturated heterocycles. The quantitative estimate of drug-likeness (QED) is 0.577. The number of aromatic amines is 1. The number of aliphatic hydroxyl groups excluding tert-OH is 1. The molecule has 0 radical (unpaired) electrons. The first kappa shape index (κ1) is 20.0. The van der Waals surface area contributed by atoms with Crippen molar-refractivity contribution in [1.29, 1.82) is 0 Å². The van der Waals surface area contributed by atoms with Crippen LogP contribution in [-0.4, -0.2) is 39.3 Å². The van der Waals surface area contributed by atoms with Gasteiger partial charge in [0.15, 0.2) is 6.10 Å². The molecule has 0 bridgehead atoms. The molecule has 2 N–H and O–H groups in total. The Morgan fingerprint density at radius 3 is 2.79 bits per heavy atom. The Hall–Kier alpha value is -2.28. The lowest BCUT2D eigenvalue weighted by molar-refractivity contribution is 0.188. The van der Waals surface area contributed by atoms with E-state index in [0.717, 1.165) is 30.8 Å². The maximum atomic E-state index is 9.61. The summed E-state index contributed by atoms with van der Waals surface area (Å²) >= 11 is 12.3. The zero-order valence-electron chi connectivity index (χ0n) is 15.8. The number of aromatic nitrogens is 3. The fourth-order valence-electron chi connectivity index (χ4n) is 3.69. The molecule has 152 valence electrons. The monoisotopic (exact) mass is 432 g/mol. The summed E-state index contributed by atoms with van der Waals surface area (Å²) in [6.07, 6.45) is 5.61. The first-order valence-corrected chi connectivity index (χ1v) is 10.3. The van der Waals surface area contributed by atoms with Gasteiger partial charge in [-0.25, -0.2) is 4.98 Å². The van der Waals surface area contributed by atoms with Crippen LogP contribution in [0.3, 0.4) is 0 Å². The lowest BCUT2D eigenvalue weighted by atomic mass is 10.1. The molecule has 0 aliphatic carbocycles. The van der Waals surface area contributed by atoms with Crippen molar-refractivity contribution in [2.24, 2.45) is 0 Å². The summed E-state index contributed by atoms with van der Waals surface area (Å²) in [5.74, 6) is 2.01. The van der Waals surface area contributed by atoms with Crippen LogP contribution in [0.25, 0.3) is 0 Å². The third-order valence-corrected chi connectivity index (χ3v) is 5.46. The number of rotatable bonds is 7. The first-order chi connectivity index (χ1) is 14.1. The Balaban J connectivity index is 1.57. The number of halogens is 2. The van der Waals surface area contributed by atoms with Crippen LogP contribution in [0.5, 0.6) is 5.88 Å². The van der Waals surface area contributed by atoms with Crippen molar-refractivity contribution in [3.8, 4) is 5.88 Å². The van der Waals surface area contributed by atoms with E-state index in [0.29, 0.717) is 28.2 Å². The number of anilines is 1. The second-order valence-electron chi connectivity index (χ2n) is 7.07. The number of aliphatic hydroxyl groups is 1. The van der Waals surface area contributed by atoms with Gasteiger partial charge < -0.3 is 19.7 Å². The van der Waals surface area contributed by atoms with E-state index in [-0.39, 0.29) is 18.8 Å². The van der Waals surface area contributed by atoms with Crippen molar-refractivity contribution in [2.45, 2.75) is 31.4 Å². The van der Waals surface area contributed by atoms with Crippen LogP contribution < -0.4 is 9.64 Å². The maximum absolute atomic E-state index is 9.61. The summed E-state index contributed by atoms with van der Waals surface area (Å²) in [4.78, 5) is 14.3. The van der Waals surface area contributed by atoms with Crippen LogP contribution in [0.2, 0.25) is 10.0 Å². The molecule has 0 saturated carbocycles. The zero-order valence-corrected chi connectivity index (χ0v) is 17.3. The van der Waals surface area contributed by atoms with E-state index in [9.17, 15) is 5.11 Å².